The van der Waals surface area contributed by atoms with Crippen LogP contribution < -0.4 is 0 Å². The van der Waals surface area contributed by atoms with E-state index in [1.807, 2.05) is 0 Å². The smallest absolute Gasteiger partial charge is 0.392 e. The van der Waals surface area contributed by atoms with Crippen molar-refractivity contribution in [2.45, 2.75) is 0 Å². The summed E-state index contributed by atoms with van der Waals surface area (Å²) in [6.45, 7) is 0. The van der Waals surface area contributed by atoms with Gasteiger partial charge in [-0.25, -0.2) is 0 Å². The van der Waals surface area contributed by atoms with Gasteiger partial charge in [0.1, 0.15) is 0 Å². The summed E-state index contributed by atoms with van der Waals surface area (Å²) < 4.78 is 0. The predicted molar refractivity (Wildman–Crippen MR) is 28.2 cm³/mol. The van der Waals surface area contributed by atoms with Gasteiger partial charge in [-0.1, -0.05) is 0 Å². The van der Waals surface area contributed by atoms with Crippen molar-refractivity contribution in [3.8, 4) is 0 Å². The Labute approximate surface area is 59.9 Å². The van der Waals surface area contributed by atoms with Gasteiger partial charge in [0.2, 0.25) is 0 Å². The van der Waals surface area contributed by atoms with E-state index in [0.717, 1.165) is 0 Å². The standard InChI is InChI=1S/C3H9O3P.Cu/c4-1-7(2-5)3-6;/h4-6H,1-3H2;/q;+2. The predicted octanol–water partition coefficient (Wildman–Crippen LogP) is -0.685. The normalized spacial score (nSPS) is 9.00. The summed E-state index contributed by atoms with van der Waals surface area (Å²) in [5.41, 5.74) is 0. The zero-order valence-corrected chi connectivity index (χ0v) is 6.05. The van der Waals surface area contributed by atoms with E-state index >= 15 is 0 Å². The molecule has 8 heavy (non-hydrogen) atoms. The number of hydrogen-bond donors (Lipinski definition) is 3. The van der Waals surface area contributed by atoms with E-state index in [-0.39, 0.29) is 36.1 Å². The number of rotatable bonds is 3. The quantitative estimate of drug-likeness (QED) is 0.405. The molecule has 0 aromatic rings. The SMILES string of the molecule is OCP(CO)CO.[Cu+2]. The van der Waals surface area contributed by atoms with E-state index in [4.69, 9.17) is 15.3 Å². The molecule has 0 rings (SSSR count). The van der Waals surface area contributed by atoms with Crippen LogP contribution in [-0.2, 0) is 17.1 Å². The molecule has 0 unspecified atom stereocenters. The summed E-state index contributed by atoms with van der Waals surface area (Å²) in [5, 5.41) is 24.7. The third-order valence-corrected chi connectivity index (χ3v) is 1.80. The van der Waals surface area contributed by atoms with Gasteiger partial charge in [0.05, 0.1) is 19.0 Å². The molecule has 0 fully saturated rings. The molecular formula is C3H9CuO3P+2. The average Bonchev–Trinajstić information content (AvgIpc) is 1.72. The average molecular weight is 188 g/mol. The van der Waals surface area contributed by atoms with Crippen LogP contribution in [0, 0.1) is 0 Å². The minimum Gasteiger partial charge on any atom is -0.392 e. The van der Waals surface area contributed by atoms with Crippen LogP contribution in [0.3, 0.4) is 0 Å². The monoisotopic (exact) mass is 187 g/mol. The molecule has 0 saturated carbocycles. The van der Waals surface area contributed by atoms with Crippen LogP contribution in [0.5, 0.6) is 0 Å². The van der Waals surface area contributed by atoms with Crippen LogP contribution in [0.15, 0.2) is 0 Å². The second kappa shape index (κ2) is 7.83. The van der Waals surface area contributed by atoms with E-state index in [2.05, 4.69) is 0 Å². The van der Waals surface area contributed by atoms with E-state index in [9.17, 15) is 0 Å². The molecule has 0 spiro atoms. The topological polar surface area (TPSA) is 60.7 Å². The van der Waals surface area contributed by atoms with Gasteiger partial charge in [0, 0.05) is 0 Å². The van der Waals surface area contributed by atoms with Crippen molar-refractivity contribution in [1.82, 2.24) is 0 Å². The molecule has 5 heteroatoms. The minimum absolute atomic E-state index is 0. The summed E-state index contributed by atoms with van der Waals surface area (Å²) in [6, 6.07) is 0. The third-order valence-electron chi connectivity index (χ3n) is 0.600. The Balaban J connectivity index is 0. The van der Waals surface area contributed by atoms with Crippen LogP contribution in [-0.4, -0.2) is 34.4 Å². The van der Waals surface area contributed by atoms with Crippen molar-refractivity contribution >= 4 is 7.92 Å². The van der Waals surface area contributed by atoms with Crippen molar-refractivity contribution in [3.05, 3.63) is 0 Å². The van der Waals surface area contributed by atoms with Gasteiger partial charge in [0.25, 0.3) is 0 Å². The number of hydrogen-bond acceptors (Lipinski definition) is 3. The van der Waals surface area contributed by atoms with Gasteiger partial charge < -0.3 is 15.3 Å². The first-order valence-corrected chi connectivity index (χ1v) is 3.79. The first-order chi connectivity index (χ1) is 3.35. The first kappa shape index (κ1) is 11.6. The molecule has 0 atom stereocenters. The van der Waals surface area contributed by atoms with Gasteiger partial charge in [-0.05, 0) is 7.92 Å². The maximum Gasteiger partial charge on any atom is 2.00 e. The maximum absolute atomic E-state index is 8.23. The Hall–Kier alpha value is 0.829. The molecule has 3 N–H and O–H groups in total. The molecular weight excluding hydrogens is 179 g/mol. The molecule has 0 aliphatic carbocycles. The molecule has 0 saturated heterocycles. The van der Waals surface area contributed by atoms with Crippen LogP contribution in [0.4, 0.5) is 0 Å². The Morgan fingerprint density at radius 1 is 0.875 bits per heavy atom. The zero-order valence-electron chi connectivity index (χ0n) is 4.21. The van der Waals surface area contributed by atoms with E-state index in [1.165, 1.54) is 0 Å². The second-order valence-corrected chi connectivity index (χ2v) is 3.29. The summed E-state index contributed by atoms with van der Waals surface area (Å²) in [7, 11) is -0.887. The van der Waals surface area contributed by atoms with Crippen LogP contribution in [0.25, 0.3) is 0 Å². The fraction of sp³-hybridized carbons (Fsp3) is 1.00. The van der Waals surface area contributed by atoms with Crippen LogP contribution in [0.2, 0.25) is 0 Å². The summed E-state index contributed by atoms with van der Waals surface area (Å²) in [4.78, 5) is 0. The molecule has 53 valence electrons. The van der Waals surface area contributed by atoms with Crippen LogP contribution in [0.1, 0.15) is 0 Å². The fourth-order valence-corrected chi connectivity index (χ4v) is 0.402. The summed E-state index contributed by atoms with van der Waals surface area (Å²) >= 11 is 0. The molecule has 0 aromatic heterocycles. The minimum atomic E-state index is -0.887. The van der Waals surface area contributed by atoms with Crippen molar-refractivity contribution in [2.75, 3.05) is 19.0 Å². The Bertz CT molecular complexity index is 36.0. The van der Waals surface area contributed by atoms with E-state index < -0.39 is 7.92 Å². The van der Waals surface area contributed by atoms with Crippen LogP contribution >= 0.6 is 7.92 Å². The second-order valence-electron chi connectivity index (χ2n) is 1.10. The molecule has 0 amide bonds. The van der Waals surface area contributed by atoms with Crippen molar-refractivity contribution in [3.63, 3.8) is 0 Å². The van der Waals surface area contributed by atoms with Gasteiger partial charge >= 0.3 is 17.1 Å². The zero-order chi connectivity index (χ0) is 5.70. The molecule has 0 heterocycles. The van der Waals surface area contributed by atoms with Crippen molar-refractivity contribution in [2.24, 2.45) is 0 Å². The van der Waals surface area contributed by atoms with Gasteiger partial charge in [-0.15, -0.1) is 0 Å². The van der Waals surface area contributed by atoms with Crippen molar-refractivity contribution in [1.29, 1.82) is 0 Å². The molecule has 0 aliphatic rings. The molecule has 0 bridgehead atoms. The third kappa shape index (κ3) is 4.98. The molecule has 0 aliphatic heterocycles. The summed E-state index contributed by atoms with van der Waals surface area (Å²) in [6.07, 6.45) is -0.243. The molecule has 3 nitrogen and oxygen atoms in total. The van der Waals surface area contributed by atoms with Gasteiger partial charge in [-0.3, -0.25) is 0 Å². The Morgan fingerprint density at radius 3 is 1.12 bits per heavy atom. The maximum atomic E-state index is 8.23. The largest absolute Gasteiger partial charge is 2.00 e. The number of aliphatic hydroxyl groups excluding tert-OH is 3. The summed E-state index contributed by atoms with van der Waals surface area (Å²) in [5.74, 6) is 0. The van der Waals surface area contributed by atoms with E-state index in [1.54, 1.807) is 0 Å². The fourth-order valence-electron chi connectivity index (χ4n) is 0.134. The molecule has 1 radical (unpaired) electrons. The van der Waals surface area contributed by atoms with Crippen molar-refractivity contribution < 1.29 is 32.4 Å². The Morgan fingerprint density at radius 2 is 1.12 bits per heavy atom. The molecule has 0 aromatic carbocycles. The van der Waals surface area contributed by atoms with Gasteiger partial charge in [-0.2, -0.15) is 0 Å². The van der Waals surface area contributed by atoms with E-state index in [0.29, 0.717) is 0 Å². The number of aliphatic hydroxyl groups is 3. The van der Waals surface area contributed by atoms with Gasteiger partial charge in [0.15, 0.2) is 0 Å². The Kier molecular flexibility index (Phi) is 11.4. The first-order valence-electron chi connectivity index (χ1n) is 1.90.